The molecular weight excluding hydrogens is 264 g/mol. The number of thioether (sulfide) groups is 1. The minimum Gasteiger partial charge on any atom is -0.481 e. The average molecular weight is 282 g/mol. The normalized spacial score (nSPS) is 10.4. The minimum atomic E-state index is -0.901. The molecule has 1 aromatic rings. The van der Waals surface area contributed by atoms with Crippen molar-refractivity contribution >= 4 is 23.7 Å². The number of unbranched alkanes of at least 4 members (excludes halogenated alkanes) is 2. The predicted molar refractivity (Wildman–Crippen MR) is 75.0 cm³/mol. The Kier molecular flexibility index (Phi) is 6.42. The van der Waals surface area contributed by atoms with E-state index in [2.05, 4.69) is 0 Å². The third-order valence-electron chi connectivity index (χ3n) is 2.74. The maximum absolute atomic E-state index is 11.0. The lowest BCUT2D eigenvalue weighted by atomic mass is 10.1. The monoisotopic (exact) mass is 282 g/mol. The molecule has 0 unspecified atom stereocenters. The van der Waals surface area contributed by atoms with Gasteiger partial charge in [-0.2, -0.15) is 0 Å². The van der Waals surface area contributed by atoms with Crippen molar-refractivity contribution in [1.29, 1.82) is 0 Å². The van der Waals surface area contributed by atoms with Crippen molar-refractivity contribution in [1.82, 2.24) is 0 Å². The van der Waals surface area contributed by atoms with Gasteiger partial charge in [0.2, 0.25) is 0 Å². The van der Waals surface area contributed by atoms with E-state index in [9.17, 15) is 9.59 Å². The highest BCUT2D eigenvalue weighted by molar-refractivity contribution is 7.99. The second-order valence-electron chi connectivity index (χ2n) is 4.33. The van der Waals surface area contributed by atoms with E-state index in [1.165, 1.54) is 0 Å². The van der Waals surface area contributed by atoms with Gasteiger partial charge in [-0.3, -0.25) is 4.79 Å². The molecule has 0 heterocycles. The maximum atomic E-state index is 11.0. The molecular formula is C14H18O4S. The summed E-state index contributed by atoms with van der Waals surface area (Å²) in [6.07, 6.45) is 2.74. The minimum absolute atomic E-state index is 0.221. The van der Waals surface area contributed by atoms with Gasteiger partial charge in [-0.05, 0) is 43.2 Å². The first-order chi connectivity index (χ1) is 9.00. The number of aryl methyl sites for hydroxylation is 1. The van der Waals surface area contributed by atoms with Crippen molar-refractivity contribution in [3.63, 3.8) is 0 Å². The van der Waals surface area contributed by atoms with Gasteiger partial charge in [0, 0.05) is 11.3 Å². The lowest BCUT2D eigenvalue weighted by Gasteiger charge is -2.05. The Balaban J connectivity index is 2.35. The van der Waals surface area contributed by atoms with Crippen molar-refractivity contribution < 1.29 is 19.8 Å². The van der Waals surface area contributed by atoms with Crippen molar-refractivity contribution in [2.75, 3.05) is 5.75 Å². The van der Waals surface area contributed by atoms with Crippen LogP contribution in [0.25, 0.3) is 0 Å². The molecule has 0 aliphatic carbocycles. The molecule has 0 saturated heterocycles. The number of benzene rings is 1. The van der Waals surface area contributed by atoms with Gasteiger partial charge < -0.3 is 10.2 Å². The van der Waals surface area contributed by atoms with Gasteiger partial charge in [-0.1, -0.05) is 12.5 Å². The third kappa shape index (κ3) is 5.79. The fraction of sp³-hybridized carbons (Fsp3) is 0.429. The zero-order chi connectivity index (χ0) is 14.3. The number of hydrogen-bond acceptors (Lipinski definition) is 3. The van der Waals surface area contributed by atoms with Gasteiger partial charge in [0.1, 0.15) is 0 Å². The molecule has 0 atom stereocenters. The Labute approximate surface area is 116 Å². The first-order valence-corrected chi connectivity index (χ1v) is 7.18. The summed E-state index contributed by atoms with van der Waals surface area (Å²) < 4.78 is 0. The van der Waals surface area contributed by atoms with E-state index in [0.29, 0.717) is 12.0 Å². The van der Waals surface area contributed by atoms with Gasteiger partial charge in [0.15, 0.2) is 0 Å². The highest BCUT2D eigenvalue weighted by Crippen LogP contribution is 2.23. The summed E-state index contributed by atoms with van der Waals surface area (Å²) in [5, 5.41) is 17.5. The fourth-order valence-electron chi connectivity index (χ4n) is 1.67. The Morgan fingerprint density at radius 3 is 2.53 bits per heavy atom. The van der Waals surface area contributed by atoms with Crippen LogP contribution in [0.4, 0.5) is 0 Å². The number of rotatable bonds is 8. The van der Waals surface area contributed by atoms with Crippen LogP contribution in [0, 0.1) is 6.92 Å². The third-order valence-corrected chi connectivity index (χ3v) is 3.82. The quantitative estimate of drug-likeness (QED) is 0.564. The summed E-state index contributed by atoms with van der Waals surface area (Å²) in [6.45, 7) is 1.78. The number of hydrogen-bond donors (Lipinski definition) is 2. The van der Waals surface area contributed by atoms with E-state index in [-0.39, 0.29) is 6.42 Å². The van der Waals surface area contributed by atoms with Crippen LogP contribution in [0.1, 0.15) is 41.6 Å². The molecule has 2 N–H and O–H groups in total. The van der Waals surface area contributed by atoms with Crippen LogP contribution in [0.5, 0.6) is 0 Å². The molecule has 1 aromatic carbocycles. The number of carbonyl (C=O) groups is 2. The van der Waals surface area contributed by atoms with Crippen molar-refractivity contribution in [3.8, 4) is 0 Å². The molecule has 0 aliphatic rings. The van der Waals surface area contributed by atoms with E-state index in [0.717, 1.165) is 29.1 Å². The Morgan fingerprint density at radius 1 is 1.16 bits per heavy atom. The molecule has 0 bridgehead atoms. The summed E-state index contributed by atoms with van der Waals surface area (Å²) in [5.41, 5.74) is 1.11. The Morgan fingerprint density at radius 2 is 1.89 bits per heavy atom. The molecule has 0 saturated carbocycles. The summed E-state index contributed by atoms with van der Waals surface area (Å²) in [7, 11) is 0. The van der Waals surface area contributed by atoms with E-state index in [1.807, 2.05) is 12.1 Å². The smallest absolute Gasteiger partial charge is 0.335 e. The van der Waals surface area contributed by atoms with Crippen molar-refractivity contribution in [2.45, 2.75) is 37.5 Å². The van der Waals surface area contributed by atoms with Crippen LogP contribution in [0.2, 0.25) is 0 Å². The number of carboxylic acids is 2. The first-order valence-electron chi connectivity index (χ1n) is 6.19. The zero-order valence-electron chi connectivity index (χ0n) is 10.9. The average Bonchev–Trinajstić information content (AvgIpc) is 2.34. The van der Waals surface area contributed by atoms with Gasteiger partial charge >= 0.3 is 11.9 Å². The standard InChI is InChI=1S/C14H18O4S/c1-10-6-7-11(9-12(10)14(17)18)19-8-4-2-3-5-13(15)16/h6-7,9H,2-5,8H2,1H3,(H,15,16)(H,17,18). The van der Waals surface area contributed by atoms with Crippen molar-refractivity contribution in [2.24, 2.45) is 0 Å². The molecule has 0 amide bonds. The van der Waals surface area contributed by atoms with Crippen LogP contribution in [-0.2, 0) is 4.79 Å². The molecule has 5 heteroatoms. The lowest BCUT2D eigenvalue weighted by Crippen LogP contribution is -1.99. The Hall–Kier alpha value is -1.49. The summed E-state index contributed by atoms with van der Waals surface area (Å²) in [5.74, 6) is -0.777. The SMILES string of the molecule is Cc1ccc(SCCCCCC(=O)O)cc1C(=O)O. The maximum Gasteiger partial charge on any atom is 0.335 e. The van der Waals surface area contributed by atoms with E-state index in [1.54, 1.807) is 24.8 Å². The molecule has 0 aromatic heterocycles. The molecule has 4 nitrogen and oxygen atoms in total. The topological polar surface area (TPSA) is 74.6 Å². The fourth-order valence-corrected chi connectivity index (χ4v) is 2.62. The molecule has 0 radical (unpaired) electrons. The van der Waals surface area contributed by atoms with Crippen LogP contribution in [0.3, 0.4) is 0 Å². The predicted octanol–water partition coefficient (Wildman–Crippen LogP) is 3.43. The highest BCUT2D eigenvalue weighted by atomic mass is 32.2. The van der Waals surface area contributed by atoms with E-state index in [4.69, 9.17) is 10.2 Å². The molecule has 19 heavy (non-hydrogen) atoms. The number of carboxylic acid groups (broad SMARTS) is 2. The second-order valence-corrected chi connectivity index (χ2v) is 5.50. The zero-order valence-corrected chi connectivity index (χ0v) is 11.7. The number of aromatic carboxylic acids is 1. The van der Waals surface area contributed by atoms with E-state index >= 15 is 0 Å². The van der Waals surface area contributed by atoms with E-state index < -0.39 is 11.9 Å². The van der Waals surface area contributed by atoms with Gasteiger partial charge in [0.05, 0.1) is 5.56 Å². The molecule has 0 spiro atoms. The molecule has 1 rings (SSSR count). The second kappa shape index (κ2) is 7.84. The molecule has 0 fully saturated rings. The van der Waals surface area contributed by atoms with Gasteiger partial charge in [-0.15, -0.1) is 11.8 Å². The van der Waals surface area contributed by atoms with Gasteiger partial charge in [-0.25, -0.2) is 4.79 Å². The van der Waals surface area contributed by atoms with Crippen LogP contribution in [-0.4, -0.2) is 27.9 Å². The van der Waals surface area contributed by atoms with Crippen LogP contribution < -0.4 is 0 Å². The van der Waals surface area contributed by atoms with Crippen LogP contribution in [0.15, 0.2) is 23.1 Å². The van der Waals surface area contributed by atoms with Crippen LogP contribution >= 0.6 is 11.8 Å². The summed E-state index contributed by atoms with van der Waals surface area (Å²) >= 11 is 1.61. The molecule has 104 valence electrons. The largest absolute Gasteiger partial charge is 0.481 e. The van der Waals surface area contributed by atoms with Crippen molar-refractivity contribution in [3.05, 3.63) is 29.3 Å². The summed E-state index contributed by atoms with van der Waals surface area (Å²) in [4.78, 5) is 22.3. The lowest BCUT2D eigenvalue weighted by molar-refractivity contribution is -0.137. The van der Waals surface area contributed by atoms with Gasteiger partial charge in [0.25, 0.3) is 0 Å². The highest BCUT2D eigenvalue weighted by Gasteiger charge is 2.07. The Bertz CT molecular complexity index is 457. The first kappa shape index (κ1) is 15.6. The summed E-state index contributed by atoms with van der Waals surface area (Å²) in [6, 6.07) is 5.43. The number of aliphatic carboxylic acids is 1. The molecule has 0 aliphatic heterocycles.